The molecule has 42 heavy (non-hydrogen) atoms. The number of rotatable bonds is 5. The van der Waals surface area contributed by atoms with Crippen LogP contribution in [0.4, 0.5) is 0 Å². The molecular formula is C35H28EuNO4P. The van der Waals surface area contributed by atoms with Crippen molar-refractivity contribution in [2.75, 3.05) is 0 Å². The van der Waals surface area contributed by atoms with Crippen LogP contribution in [0.2, 0.25) is 0 Å². The second kappa shape index (κ2) is 14.2. The quantitative estimate of drug-likeness (QED) is 0.182. The molecule has 0 bridgehead atoms. The minimum Gasteiger partial charge on any atom is -0.506 e. The molecule has 0 aliphatic carbocycles. The molecule has 0 saturated heterocycles. The van der Waals surface area contributed by atoms with Crippen LogP contribution in [0.1, 0.15) is 15.9 Å². The number of hydrogen-bond acceptors (Lipinski definition) is 4. The predicted octanol–water partition coefficient (Wildman–Crippen LogP) is 5.80. The molecule has 1 heterocycles. The van der Waals surface area contributed by atoms with Gasteiger partial charge in [0, 0.05) is 83.3 Å². The molecule has 209 valence electrons. The first-order valence-corrected chi connectivity index (χ1v) is 14.8. The van der Waals surface area contributed by atoms with Gasteiger partial charge in [-0.3, -0.25) is 9.59 Å². The summed E-state index contributed by atoms with van der Waals surface area (Å²) in [5, 5.41) is 13.5. The van der Waals surface area contributed by atoms with E-state index in [0.717, 1.165) is 15.9 Å². The molecule has 0 unspecified atom stereocenters. The van der Waals surface area contributed by atoms with Crippen LogP contribution in [0.15, 0.2) is 150 Å². The zero-order valence-corrected chi connectivity index (χ0v) is 26.1. The summed E-state index contributed by atoms with van der Waals surface area (Å²) in [7, 11) is -1.19. The Morgan fingerprint density at radius 1 is 0.619 bits per heavy atom. The van der Waals surface area contributed by atoms with Gasteiger partial charge in [0.05, 0.1) is 5.52 Å². The van der Waals surface area contributed by atoms with Gasteiger partial charge in [-0.1, -0.05) is 133 Å². The van der Waals surface area contributed by atoms with Gasteiger partial charge in [0.25, 0.3) is 5.56 Å². The number of ketones is 1. The van der Waals surface area contributed by atoms with E-state index in [-0.39, 0.29) is 60.7 Å². The minimum absolute atomic E-state index is 0. The Labute approximate surface area is 285 Å². The van der Waals surface area contributed by atoms with Crippen molar-refractivity contribution in [2.45, 2.75) is 0 Å². The van der Waals surface area contributed by atoms with Gasteiger partial charge in [-0.25, -0.2) is 0 Å². The maximum absolute atomic E-state index is 13.8. The summed E-state index contributed by atoms with van der Waals surface area (Å²) in [4.78, 5) is 24.9. The van der Waals surface area contributed by atoms with Crippen molar-refractivity contribution in [3.63, 3.8) is 0 Å². The van der Waals surface area contributed by atoms with Crippen LogP contribution in [-0.4, -0.2) is 15.5 Å². The third kappa shape index (κ3) is 6.33. The van der Waals surface area contributed by atoms with Crippen LogP contribution in [0.5, 0.6) is 5.75 Å². The molecule has 6 aromatic rings. The molecule has 0 saturated carbocycles. The zero-order valence-electron chi connectivity index (χ0n) is 22.8. The largest absolute Gasteiger partial charge is 0.506 e. The van der Waals surface area contributed by atoms with Crippen LogP contribution in [0.25, 0.3) is 10.9 Å². The van der Waals surface area contributed by atoms with Gasteiger partial charge in [-0.05, 0) is 12.1 Å². The molecule has 1 aromatic heterocycles. The summed E-state index contributed by atoms with van der Waals surface area (Å²) >= 11 is 0. The van der Waals surface area contributed by atoms with E-state index in [9.17, 15) is 19.3 Å². The second-order valence-electron chi connectivity index (χ2n) is 9.42. The topological polar surface area (TPSA) is 76.4 Å². The average Bonchev–Trinajstić information content (AvgIpc) is 3.05. The summed E-state index contributed by atoms with van der Waals surface area (Å²) in [5.41, 5.74) is 0.271. The number of fused-ring (bicyclic) bond motifs is 1. The number of para-hydroxylation sites is 1. The number of carbonyl (C=O) groups excluding carboxylic acids is 1. The number of benzene rings is 5. The summed E-state index contributed by atoms with van der Waals surface area (Å²) < 4.78 is 15.2. The molecule has 7 heteroatoms. The predicted molar refractivity (Wildman–Crippen MR) is 167 cm³/mol. The molecule has 0 aliphatic heterocycles. The van der Waals surface area contributed by atoms with Crippen LogP contribution in [0.3, 0.4) is 0 Å². The fourth-order valence-corrected chi connectivity index (χ4v) is 7.45. The maximum Gasteiger partial charge on any atom is 0.265 e. The molecule has 0 spiro atoms. The van der Waals surface area contributed by atoms with E-state index < -0.39 is 18.5 Å². The molecule has 0 fully saturated rings. The van der Waals surface area contributed by atoms with Crippen molar-refractivity contribution in [2.24, 2.45) is 7.05 Å². The number of nitrogens with zero attached hydrogens (tertiary/aromatic N) is 1. The van der Waals surface area contributed by atoms with Crippen molar-refractivity contribution in [3.8, 4) is 5.75 Å². The van der Waals surface area contributed by atoms with E-state index in [1.165, 1.54) is 4.57 Å². The average molecular weight is 710 g/mol. The Morgan fingerprint density at radius 3 is 1.45 bits per heavy atom. The van der Waals surface area contributed by atoms with Crippen molar-refractivity contribution in [3.05, 3.63) is 167 Å². The third-order valence-electron chi connectivity index (χ3n) is 6.90. The van der Waals surface area contributed by atoms with Gasteiger partial charge < -0.3 is 14.2 Å². The van der Waals surface area contributed by atoms with Gasteiger partial charge in [0.2, 0.25) is 5.78 Å². The minimum atomic E-state index is -2.78. The number of aryl methyl sites for hydroxylation is 1. The summed E-state index contributed by atoms with van der Waals surface area (Å²) in [6.07, 6.45) is 0. The SMILES string of the molecule is Cn1c(=O)c(C(=O)c2ccccc2)c(O)c2ccccc21.O=P(c1ccccc1)(c1ccccc1)c1ccccc1.[Eu]. The van der Waals surface area contributed by atoms with Gasteiger partial charge in [-0.15, -0.1) is 0 Å². The van der Waals surface area contributed by atoms with Gasteiger partial charge in [-0.2, -0.15) is 0 Å². The van der Waals surface area contributed by atoms with Gasteiger partial charge in [0.1, 0.15) is 11.3 Å². The van der Waals surface area contributed by atoms with Gasteiger partial charge >= 0.3 is 0 Å². The van der Waals surface area contributed by atoms with Crippen molar-refractivity contribution >= 4 is 39.7 Å². The van der Waals surface area contributed by atoms with Crippen LogP contribution in [-0.2, 0) is 11.6 Å². The van der Waals surface area contributed by atoms with E-state index in [2.05, 4.69) is 0 Å². The van der Waals surface area contributed by atoms with E-state index in [1.807, 2.05) is 91.0 Å². The number of hydrogen-bond donors (Lipinski definition) is 1. The Kier molecular flexibility index (Phi) is 10.6. The van der Waals surface area contributed by atoms with Crippen molar-refractivity contribution in [1.29, 1.82) is 0 Å². The molecule has 1 radical (unpaired) electrons. The first-order valence-electron chi connectivity index (χ1n) is 13.1. The second-order valence-corrected chi connectivity index (χ2v) is 12.2. The number of pyridine rings is 1. The first-order chi connectivity index (χ1) is 19.9. The molecule has 6 rings (SSSR count). The number of aromatic hydroxyl groups is 1. The van der Waals surface area contributed by atoms with E-state index in [1.54, 1.807) is 61.6 Å². The smallest absolute Gasteiger partial charge is 0.265 e. The van der Waals surface area contributed by atoms with Crippen LogP contribution < -0.4 is 21.5 Å². The summed E-state index contributed by atoms with van der Waals surface area (Å²) in [6, 6.07) is 44.6. The maximum atomic E-state index is 13.8. The van der Waals surface area contributed by atoms with Gasteiger partial charge in [0.15, 0.2) is 7.14 Å². The Balaban J connectivity index is 0.000000189. The van der Waals surface area contributed by atoms with E-state index in [4.69, 9.17) is 0 Å². The fourth-order valence-electron chi connectivity index (χ4n) is 4.78. The molecule has 1 N–H and O–H groups in total. The van der Waals surface area contributed by atoms with Crippen molar-refractivity contribution in [1.82, 2.24) is 4.57 Å². The Morgan fingerprint density at radius 2 is 1.00 bits per heavy atom. The number of aromatic nitrogens is 1. The van der Waals surface area contributed by atoms with Crippen molar-refractivity contribution < 1.29 is 63.8 Å². The third-order valence-corrected chi connectivity index (χ3v) is 9.97. The monoisotopic (exact) mass is 710 g/mol. The molecule has 0 atom stereocenters. The summed E-state index contributed by atoms with van der Waals surface area (Å²) in [5.74, 6) is -0.734. The molecule has 5 nitrogen and oxygen atoms in total. The van der Waals surface area contributed by atoms with E-state index in [0.29, 0.717) is 16.5 Å². The van der Waals surface area contributed by atoms with E-state index >= 15 is 0 Å². The molecular weight excluding hydrogens is 681 g/mol. The standard InChI is InChI=1S/C18H15OP.C17H13NO3.Eu/c19-20(16-10-4-1-5-11-16,17-12-6-2-7-13-17)18-14-8-3-9-15-18;1-18-13-10-6-5-9-12(13)16(20)14(17(18)21)15(19)11-7-3-2-4-8-11;/h1-15H;2-10,20H,1H3;. The Bertz CT molecular complexity index is 1810. The molecule has 0 amide bonds. The van der Waals surface area contributed by atoms with Crippen LogP contribution in [0, 0.1) is 49.4 Å². The normalized spacial score (nSPS) is 10.7. The molecule has 0 aliphatic rings. The number of carbonyl (C=O) groups is 1. The Hall–Kier alpha value is -3.41. The first kappa shape index (κ1) is 31.5. The molecule has 5 aromatic carbocycles. The zero-order chi connectivity index (χ0) is 28.8. The van der Waals surface area contributed by atoms with Crippen LogP contribution >= 0.6 is 7.14 Å². The fraction of sp³-hybridized carbons (Fsp3) is 0.0286. The summed E-state index contributed by atoms with van der Waals surface area (Å²) in [6.45, 7) is 0.